The van der Waals surface area contributed by atoms with Crippen LogP contribution < -0.4 is 5.32 Å². The van der Waals surface area contributed by atoms with Gasteiger partial charge in [0.2, 0.25) is 11.8 Å². The lowest BCUT2D eigenvalue weighted by molar-refractivity contribution is -0.0700. The summed E-state index contributed by atoms with van der Waals surface area (Å²) in [4.78, 5) is 17.5. The second-order valence-electron chi connectivity index (χ2n) is 7.99. The van der Waals surface area contributed by atoms with Crippen LogP contribution in [0.3, 0.4) is 0 Å². The van der Waals surface area contributed by atoms with E-state index in [1.54, 1.807) is 31.2 Å². The van der Waals surface area contributed by atoms with Crippen LogP contribution in [0.15, 0.2) is 57.9 Å². The SMILES string of the molecule is Cc1nnc(C2CC3CSC(NC(=O)c4ccccc4)=NC3(c3ccc(F)cc3F)CO2)o1. The van der Waals surface area contributed by atoms with E-state index in [0.717, 1.165) is 6.07 Å². The number of carbonyl (C=O) groups is 1. The van der Waals surface area contributed by atoms with Crippen molar-refractivity contribution in [3.63, 3.8) is 0 Å². The van der Waals surface area contributed by atoms with Gasteiger partial charge in [0, 0.05) is 35.8 Å². The van der Waals surface area contributed by atoms with Gasteiger partial charge in [-0.05, 0) is 24.6 Å². The molecule has 2 aliphatic heterocycles. The Morgan fingerprint density at radius 1 is 1.18 bits per heavy atom. The van der Waals surface area contributed by atoms with Gasteiger partial charge in [0.05, 0.1) is 6.61 Å². The van der Waals surface area contributed by atoms with E-state index in [9.17, 15) is 13.6 Å². The fourth-order valence-electron chi connectivity index (χ4n) is 4.22. The standard InChI is InChI=1S/C23H20F2N4O3S/c1-13-28-29-21(32-13)19-9-15-11-33-22(26-20(30)14-5-3-2-4-6-14)27-23(15,12-31-19)17-8-7-16(24)10-18(17)25/h2-8,10,15,19H,9,11-12H2,1H3,(H,26,27,30). The highest BCUT2D eigenvalue weighted by Crippen LogP contribution is 2.49. The first-order chi connectivity index (χ1) is 15.9. The number of amides is 1. The molecule has 1 fully saturated rings. The lowest BCUT2D eigenvalue weighted by Crippen LogP contribution is -2.49. The Kier molecular flexibility index (Phi) is 5.71. The van der Waals surface area contributed by atoms with Gasteiger partial charge in [0.15, 0.2) is 5.17 Å². The molecule has 0 bridgehead atoms. The number of aryl methyl sites for hydroxylation is 1. The molecular formula is C23H20F2N4O3S. The highest BCUT2D eigenvalue weighted by molar-refractivity contribution is 8.13. The molecule has 2 aromatic carbocycles. The Morgan fingerprint density at radius 2 is 2.00 bits per heavy atom. The number of rotatable bonds is 3. The van der Waals surface area contributed by atoms with Crippen molar-refractivity contribution >= 4 is 22.8 Å². The van der Waals surface area contributed by atoms with Crippen LogP contribution in [0.2, 0.25) is 0 Å². The summed E-state index contributed by atoms with van der Waals surface area (Å²) in [5.74, 6) is -0.545. The third-order valence-electron chi connectivity index (χ3n) is 5.87. The van der Waals surface area contributed by atoms with Crippen molar-refractivity contribution in [3.05, 3.63) is 83.1 Å². The zero-order chi connectivity index (χ0) is 23.0. The van der Waals surface area contributed by atoms with Crippen molar-refractivity contribution in [1.29, 1.82) is 0 Å². The Balaban J connectivity index is 1.50. The molecule has 5 rings (SSSR count). The predicted molar refractivity (Wildman–Crippen MR) is 118 cm³/mol. The Morgan fingerprint density at radius 3 is 2.73 bits per heavy atom. The molecule has 1 N–H and O–H groups in total. The van der Waals surface area contributed by atoms with Crippen LogP contribution >= 0.6 is 11.8 Å². The highest BCUT2D eigenvalue weighted by Gasteiger charge is 2.51. The predicted octanol–water partition coefficient (Wildman–Crippen LogP) is 4.16. The van der Waals surface area contributed by atoms with Crippen LogP contribution in [0.4, 0.5) is 8.78 Å². The van der Waals surface area contributed by atoms with Gasteiger partial charge < -0.3 is 14.5 Å². The summed E-state index contributed by atoms with van der Waals surface area (Å²) in [5, 5.41) is 11.1. The number of hydrogen-bond donors (Lipinski definition) is 1. The van der Waals surface area contributed by atoms with Gasteiger partial charge in [0.1, 0.15) is 23.3 Å². The summed E-state index contributed by atoms with van der Waals surface area (Å²) in [6.07, 6.45) is -0.00131. The smallest absolute Gasteiger partial charge is 0.257 e. The number of halogens is 2. The number of aliphatic imine (C=N–C) groups is 1. The third-order valence-corrected chi connectivity index (χ3v) is 6.91. The molecule has 3 aromatic rings. The Bertz CT molecular complexity index is 1220. The minimum absolute atomic E-state index is 0.0115. The second-order valence-corrected chi connectivity index (χ2v) is 9.00. The van der Waals surface area contributed by atoms with Crippen LogP contribution in [-0.2, 0) is 10.3 Å². The number of aromatic nitrogens is 2. The number of benzene rings is 2. The zero-order valence-electron chi connectivity index (χ0n) is 17.6. The van der Waals surface area contributed by atoms with Gasteiger partial charge in [-0.25, -0.2) is 13.8 Å². The number of hydrogen-bond acceptors (Lipinski definition) is 7. The number of ether oxygens (including phenoxy) is 1. The Hall–Kier alpha value is -3.11. The molecule has 0 radical (unpaired) electrons. The van der Waals surface area contributed by atoms with Crippen molar-refractivity contribution in [2.45, 2.75) is 25.0 Å². The molecule has 1 aromatic heterocycles. The number of nitrogens with one attached hydrogen (secondary N) is 1. The first-order valence-electron chi connectivity index (χ1n) is 10.4. The molecule has 7 nitrogen and oxygen atoms in total. The van der Waals surface area contributed by atoms with Crippen LogP contribution in [-0.4, -0.2) is 33.6 Å². The van der Waals surface area contributed by atoms with E-state index in [2.05, 4.69) is 15.5 Å². The largest absolute Gasteiger partial charge is 0.423 e. The molecule has 33 heavy (non-hydrogen) atoms. The molecule has 3 unspecified atom stereocenters. The maximum Gasteiger partial charge on any atom is 0.257 e. The number of amidine groups is 1. The molecule has 10 heteroatoms. The Labute approximate surface area is 192 Å². The molecule has 3 atom stereocenters. The zero-order valence-corrected chi connectivity index (χ0v) is 18.4. The normalized spacial score (nSPS) is 24.6. The quantitative estimate of drug-likeness (QED) is 0.618. The van der Waals surface area contributed by atoms with E-state index in [4.69, 9.17) is 14.1 Å². The first kappa shape index (κ1) is 21.7. The van der Waals surface area contributed by atoms with E-state index in [1.165, 1.54) is 23.9 Å². The van der Waals surface area contributed by atoms with Crippen molar-refractivity contribution in [1.82, 2.24) is 15.5 Å². The summed E-state index contributed by atoms with van der Waals surface area (Å²) < 4.78 is 40.2. The number of nitrogens with zero attached hydrogens (tertiary/aromatic N) is 3. The number of fused-ring (bicyclic) bond motifs is 1. The monoisotopic (exact) mass is 470 g/mol. The lowest BCUT2D eigenvalue weighted by Gasteiger charge is -2.46. The minimum Gasteiger partial charge on any atom is -0.423 e. The molecule has 2 aliphatic rings. The number of thioether (sulfide) groups is 1. The average molecular weight is 471 g/mol. The summed E-state index contributed by atoms with van der Waals surface area (Å²) in [5.41, 5.74) is -0.425. The van der Waals surface area contributed by atoms with Crippen molar-refractivity contribution in [2.24, 2.45) is 10.9 Å². The molecule has 3 heterocycles. The van der Waals surface area contributed by atoms with Gasteiger partial charge in [-0.1, -0.05) is 36.0 Å². The maximum atomic E-state index is 15.0. The van der Waals surface area contributed by atoms with E-state index in [0.29, 0.717) is 34.7 Å². The number of carbonyl (C=O) groups excluding carboxylic acids is 1. The fourth-order valence-corrected chi connectivity index (χ4v) is 5.39. The van der Waals surface area contributed by atoms with Gasteiger partial charge in [-0.3, -0.25) is 4.79 Å². The topological polar surface area (TPSA) is 89.6 Å². The minimum atomic E-state index is -1.13. The van der Waals surface area contributed by atoms with Gasteiger partial charge >= 0.3 is 0 Å². The van der Waals surface area contributed by atoms with Gasteiger partial charge in [0.25, 0.3) is 5.91 Å². The van der Waals surface area contributed by atoms with Crippen molar-refractivity contribution < 1.29 is 22.7 Å². The van der Waals surface area contributed by atoms with E-state index in [1.807, 2.05) is 6.07 Å². The van der Waals surface area contributed by atoms with Crippen LogP contribution in [0, 0.1) is 24.5 Å². The third kappa shape index (κ3) is 4.16. The summed E-state index contributed by atoms with van der Waals surface area (Å²) in [6, 6.07) is 12.2. The first-order valence-corrected chi connectivity index (χ1v) is 11.4. The maximum absolute atomic E-state index is 15.0. The molecule has 170 valence electrons. The van der Waals surface area contributed by atoms with Gasteiger partial charge in [-0.15, -0.1) is 10.2 Å². The van der Waals surface area contributed by atoms with Crippen LogP contribution in [0.25, 0.3) is 0 Å². The van der Waals surface area contributed by atoms with Crippen LogP contribution in [0.1, 0.15) is 40.2 Å². The summed E-state index contributed by atoms with van der Waals surface area (Å²) >= 11 is 1.38. The van der Waals surface area contributed by atoms with E-state index in [-0.39, 0.29) is 24.0 Å². The van der Waals surface area contributed by atoms with Crippen molar-refractivity contribution in [3.8, 4) is 0 Å². The van der Waals surface area contributed by atoms with Crippen LogP contribution in [0.5, 0.6) is 0 Å². The van der Waals surface area contributed by atoms with Crippen molar-refractivity contribution in [2.75, 3.05) is 12.4 Å². The molecular weight excluding hydrogens is 450 g/mol. The van der Waals surface area contributed by atoms with E-state index >= 15 is 0 Å². The summed E-state index contributed by atoms with van der Waals surface area (Å²) in [7, 11) is 0. The van der Waals surface area contributed by atoms with E-state index < -0.39 is 23.3 Å². The molecule has 1 amide bonds. The molecule has 0 saturated carbocycles. The highest BCUT2D eigenvalue weighted by atomic mass is 32.2. The fraction of sp³-hybridized carbons (Fsp3) is 0.304. The molecule has 0 aliphatic carbocycles. The van der Waals surface area contributed by atoms with Gasteiger partial charge in [-0.2, -0.15) is 0 Å². The molecule has 0 spiro atoms. The summed E-state index contributed by atoms with van der Waals surface area (Å²) in [6.45, 7) is 1.71. The average Bonchev–Trinajstić information content (AvgIpc) is 3.25. The molecule has 1 saturated heterocycles. The second kappa shape index (κ2) is 8.68. The lowest BCUT2D eigenvalue weighted by atomic mass is 9.75.